The van der Waals surface area contributed by atoms with Crippen LogP contribution in [0.5, 0.6) is 0 Å². The summed E-state index contributed by atoms with van der Waals surface area (Å²) in [6, 6.07) is 3.89. The van der Waals surface area contributed by atoms with Crippen molar-refractivity contribution in [2.45, 2.75) is 6.92 Å². The van der Waals surface area contributed by atoms with E-state index in [1.165, 1.54) is 0 Å². The van der Waals surface area contributed by atoms with E-state index in [1.807, 2.05) is 38.1 Å². The van der Waals surface area contributed by atoms with Crippen molar-refractivity contribution in [3.8, 4) is 11.5 Å². The Labute approximate surface area is 88.6 Å². The maximum Gasteiger partial charge on any atom is 0.227 e. The van der Waals surface area contributed by atoms with E-state index in [0.717, 1.165) is 17.1 Å². The third kappa shape index (κ3) is 1.98. The Bertz CT molecular complexity index is 445. The average Bonchev–Trinajstić information content (AvgIpc) is 2.65. The van der Waals surface area contributed by atoms with Gasteiger partial charge in [0.1, 0.15) is 11.6 Å². The Balaban J connectivity index is 2.31. The average molecular weight is 203 g/mol. The SMILES string of the molecule is Cc1cnc(-c2ccc(N(C)C)nc2)o1. The molecule has 2 aromatic heterocycles. The molecular weight excluding hydrogens is 190 g/mol. The highest BCUT2D eigenvalue weighted by Crippen LogP contribution is 2.19. The summed E-state index contributed by atoms with van der Waals surface area (Å²) in [5.74, 6) is 2.34. The van der Waals surface area contributed by atoms with Gasteiger partial charge in [0.05, 0.1) is 11.8 Å². The molecule has 0 bridgehead atoms. The molecule has 15 heavy (non-hydrogen) atoms. The lowest BCUT2D eigenvalue weighted by atomic mass is 10.3. The van der Waals surface area contributed by atoms with Crippen LogP contribution in [-0.4, -0.2) is 24.1 Å². The van der Waals surface area contributed by atoms with Crippen molar-refractivity contribution in [1.82, 2.24) is 9.97 Å². The summed E-state index contributed by atoms with van der Waals surface area (Å²) in [6.45, 7) is 1.87. The van der Waals surface area contributed by atoms with Crippen molar-refractivity contribution in [2.24, 2.45) is 0 Å². The van der Waals surface area contributed by atoms with Gasteiger partial charge < -0.3 is 9.32 Å². The second kappa shape index (κ2) is 3.73. The van der Waals surface area contributed by atoms with Crippen molar-refractivity contribution < 1.29 is 4.42 Å². The Morgan fingerprint density at radius 2 is 1.93 bits per heavy atom. The maximum absolute atomic E-state index is 5.41. The van der Waals surface area contributed by atoms with Crippen LogP contribution >= 0.6 is 0 Å². The molecule has 2 aromatic rings. The van der Waals surface area contributed by atoms with Crippen LogP contribution < -0.4 is 4.90 Å². The van der Waals surface area contributed by atoms with E-state index in [4.69, 9.17) is 4.42 Å². The van der Waals surface area contributed by atoms with E-state index in [0.29, 0.717) is 5.89 Å². The molecule has 0 aliphatic carbocycles. The van der Waals surface area contributed by atoms with Crippen molar-refractivity contribution in [1.29, 1.82) is 0 Å². The first-order valence-electron chi connectivity index (χ1n) is 4.73. The van der Waals surface area contributed by atoms with Crippen molar-refractivity contribution in [2.75, 3.05) is 19.0 Å². The zero-order chi connectivity index (χ0) is 10.8. The molecule has 0 saturated heterocycles. The largest absolute Gasteiger partial charge is 0.441 e. The van der Waals surface area contributed by atoms with E-state index in [-0.39, 0.29) is 0 Å². The number of oxazole rings is 1. The van der Waals surface area contributed by atoms with Crippen LogP contribution in [0.1, 0.15) is 5.76 Å². The van der Waals surface area contributed by atoms with Crippen LogP contribution in [0.25, 0.3) is 11.5 Å². The highest BCUT2D eigenvalue weighted by molar-refractivity contribution is 5.54. The standard InChI is InChI=1S/C11H13N3O/c1-8-6-13-11(15-8)9-4-5-10(12-7-9)14(2)3/h4-7H,1-3H3. The maximum atomic E-state index is 5.41. The molecule has 0 amide bonds. The highest BCUT2D eigenvalue weighted by Gasteiger charge is 2.05. The van der Waals surface area contributed by atoms with Gasteiger partial charge in [0, 0.05) is 20.3 Å². The monoisotopic (exact) mass is 203 g/mol. The first kappa shape index (κ1) is 9.71. The summed E-state index contributed by atoms with van der Waals surface area (Å²) in [4.78, 5) is 10.4. The molecular formula is C11H13N3O. The number of hydrogen-bond acceptors (Lipinski definition) is 4. The van der Waals surface area contributed by atoms with Gasteiger partial charge in [0.25, 0.3) is 0 Å². The smallest absolute Gasteiger partial charge is 0.227 e. The van der Waals surface area contributed by atoms with Gasteiger partial charge in [-0.3, -0.25) is 0 Å². The molecule has 0 atom stereocenters. The van der Waals surface area contributed by atoms with E-state index >= 15 is 0 Å². The van der Waals surface area contributed by atoms with Crippen molar-refractivity contribution in [3.63, 3.8) is 0 Å². The quantitative estimate of drug-likeness (QED) is 0.749. The molecule has 0 radical (unpaired) electrons. The second-order valence-corrected chi connectivity index (χ2v) is 3.58. The lowest BCUT2D eigenvalue weighted by Crippen LogP contribution is -2.09. The van der Waals surface area contributed by atoms with Gasteiger partial charge in [-0.15, -0.1) is 0 Å². The molecule has 78 valence electrons. The van der Waals surface area contributed by atoms with Gasteiger partial charge in [0.2, 0.25) is 5.89 Å². The van der Waals surface area contributed by atoms with Gasteiger partial charge in [-0.05, 0) is 19.1 Å². The van der Waals surface area contributed by atoms with Gasteiger partial charge in [-0.25, -0.2) is 9.97 Å². The lowest BCUT2D eigenvalue weighted by Gasteiger charge is -2.10. The zero-order valence-corrected chi connectivity index (χ0v) is 9.06. The molecule has 0 spiro atoms. The third-order valence-corrected chi connectivity index (χ3v) is 2.07. The molecule has 0 aromatic carbocycles. The molecule has 0 aliphatic heterocycles. The lowest BCUT2D eigenvalue weighted by molar-refractivity contribution is 0.542. The number of rotatable bonds is 2. The Morgan fingerprint density at radius 1 is 1.13 bits per heavy atom. The van der Waals surface area contributed by atoms with Crippen LogP contribution in [0.4, 0.5) is 5.82 Å². The van der Waals surface area contributed by atoms with Gasteiger partial charge in [0.15, 0.2) is 0 Å². The fourth-order valence-electron chi connectivity index (χ4n) is 1.27. The number of hydrogen-bond donors (Lipinski definition) is 0. The molecule has 0 N–H and O–H groups in total. The van der Waals surface area contributed by atoms with Gasteiger partial charge >= 0.3 is 0 Å². The third-order valence-electron chi connectivity index (χ3n) is 2.07. The van der Waals surface area contributed by atoms with Crippen LogP contribution in [0, 0.1) is 6.92 Å². The molecule has 0 saturated carbocycles. The topological polar surface area (TPSA) is 42.2 Å². The summed E-state index contributed by atoms with van der Waals surface area (Å²) < 4.78 is 5.41. The number of aromatic nitrogens is 2. The molecule has 0 unspecified atom stereocenters. The number of pyridine rings is 1. The van der Waals surface area contributed by atoms with E-state index < -0.39 is 0 Å². The van der Waals surface area contributed by atoms with E-state index in [1.54, 1.807) is 12.4 Å². The highest BCUT2D eigenvalue weighted by atomic mass is 16.4. The fraction of sp³-hybridized carbons (Fsp3) is 0.273. The summed E-state index contributed by atoms with van der Waals surface area (Å²) in [7, 11) is 3.91. The summed E-state index contributed by atoms with van der Waals surface area (Å²) in [6.07, 6.45) is 3.47. The fourth-order valence-corrected chi connectivity index (χ4v) is 1.27. The molecule has 2 heterocycles. The summed E-state index contributed by atoms with van der Waals surface area (Å²) in [5.41, 5.74) is 0.897. The number of nitrogens with zero attached hydrogens (tertiary/aromatic N) is 3. The molecule has 2 rings (SSSR count). The first-order chi connectivity index (χ1) is 7.16. The number of aryl methyl sites for hydroxylation is 1. The van der Waals surface area contributed by atoms with Crippen molar-refractivity contribution >= 4 is 5.82 Å². The van der Waals surface area contributed by atoms with Crippen LogP contribution in [0.3, 0.4) is 0 Å². The first-order valence-corrected chi connectivity index (χ1v) is 4.73. The Morgan fingerprint density at radius 3 is 2.40 bits per heavy atom. The predicted molar refractivity (Wildman–Crippen MR) is 58.8 cm³/mol. The summed E-state index contributed by atoms with van der Waals surface area (Å²) in [5, 5.41) is 0. The van der Waals surface area contributed by atoms with E-state index in [9.17, 15) is 0 Å². The minimum atomic E-state index is 0.616. The Hall–Kier alpha value is -1.84. The van der Waals surface area contributed by atoms with Crippen molar-refractivity contribution in [3.05, 3.63) is 30.3 Å². The van der Waals surface area contributed by atoms with Gasteiger partial charge in [-0.2, -0.15) is 0 Å². The Kier molecular flexibility index (Phi) is 2.41. The predicted octanol–water partition coefficient (Wildman–Crippen LogP) is 2.11. The summed E-state index contributed by atoms with van der Waals surface area (Å²) >= 11 is 0. The van der Waals surface area contributed by atoms with Gasteiger partial charge in [-0.1, -0.05) is 0 Å². The minimum absolute atomic E-state index is 0.616. The second-order valence-electron chi connectivity index (χ2n) is 3.58. The molecule has 4 heteroatoms. The normalized spacial score (nSPS) is 10.3. The van der Waals surface area contributed by atoms with E-state index in [2.05, 4.69) is 9.97 Å². The van der Waals surface area contributed by atoms with Crippen LogP contribution in [0.2, 0.25) is 0 Å². The molecule has 0 fully saturated rings. The molecule has 0 aliphatic rings. The number of anilines is 1. The van der Waals surface area contributed by atoms with Crippen LogP contribution in [0.15, 0.2) is 28.9 Å². The zero-order valence-electron chi connectivity index (χ0n) is 9.06. The molecule has 4 nitrogen and oxygen atoms in total. The van der Waals surface area contributed by atoms with Crippen LogP contribution in [-0.2, 0) is 0 Å². The minimum Gasteiger partial charge on any atom is -0.441 e.